The second-order valence-corrected chi connectivity index (χ2v) is 16.2. The van der Waals surface area contributed by atoms with E-state index in [4.69, 9.17) is 8.84 Å². The molecule has 2 aromatic heterocycles. The Hall–Kier alpha value is -2.31. The average molecular weight is 479 g/mol. The highest BCUT2D eigenvalue weighted by Crippen LogP contribution is 2.38. The van der Waals surface area contributed by atoms with E-state index in [9.17, 15) is 4.79 Å². The number of hydrogen-bond acceptors (Lipinski definition) is 5. The van der Waals surface area contributed by atoms with E-state index >= 15 is 0 Å². The van der Waals surface area contributed by atoms with Gasteiger partial charge in [-0.25, -0.2) is 4.98 Å². The number of oxazole rings is 1. The Morgan fingerprint density at radius 2 is 1.79 bits per heavy atom. The molecule has 6 heteroatoms. The standard InChI is InChI=1S/C28H38N2O3Si/c1-19-29-17-27(33-19)22-11-12-23-16-30-25(14-24(23)13-22)15-26(31)21-9-7-20(8-10-21)18-32-34(5,6)28(2,3)4/h11-14,16-17,20-21H,7-10,15,18H2,1-6H3. The number of pyridine rings is 1. The topological polar surface area (TPSA) is 65.2 Å². The first-order valence-electron chi connectivity index (χ1n) is 12.5. The molecule has 0 bridgehead atoms. The predicted octanol–water partition coefficient (Wildman–Crippen LogP) is 7.14. The zero-order chi connectivity index (χ0) is 24.5. The van der Waals surface area contributed by atoms with Gasteiger partial charge in [0.05, 0.1) is 6.20 Å². The predicted molar refractivity (Wildman–Crippen MR) is 139 cm³/mol. The molecular formula is C28H38N2O3Si. The van der Waals surface area contributed by atoms with Gasteiger partial charge in [0, 0.05) is 48.7 Å². The SMILES string of the molecule is Cc1ncc(-c2ccc3cnc(CC(=O)C4CCC(CO[Si](C)(C)C(C)(C)C)CC4)cc3c2)o1. The molecule has 2 heterocycles. The molecule has 0 saturated heterocycles. The molecule has 1 fully saturated rings. The molecule has 182 valence electrons. The van der Waals surface area contributed by atoms with Gasteiger partial charge >= 0.3 is 0 Å². The Morgan fingerprint density at radius 3 is 2.44 bits per heavy atom. The van der Waals surface area contributed by atoms with Gasteiger partial charge < -0.3 is 8.84 Å². The van der Waals surface area contributed by atoms with Crippen molar-refractivity contribution in [2.75, 3.05) is 6.61 Å². The molecule has 1 aromatic carbocycles. The molecule has 0 radical (unpaired) electrons. The Bertz CT molecular complexity index is 1150. The average Bonchev–Trinajstić information content (AvgIpc) is 3.23. The first-order valence-corrected chi connectivity index (χ1v) is 15.4. The number of aromatic nitrogens is 2. The van der Waals surface area contributed by atoms with Crippen LogP contribution < -0.4 is 0 Å². The summed E-state index contributed by atoms with van der Waals surface area (Å²) in [5.74, 6) is 2.44. The largest absolute Gasteiger partial charge is 0.441 e. The van der Waals surface area contributed by atoms with E-state index in [1.807, 2.05) is 31.3 Å². The van der Waals surface area contributed by atoms with E-state index in [1.165, 1.54) is 0 Å². The summed E-state index contributed by atoms with van der Waals surface area (Å²) < 4.78 is 12.1. The van der Waals surface area contributed by atoms with E-state index in [-0.39, 0.29) is 11.0 Å². The molecule has 0 aliphatic heterocycles. The summed E-state index contributed by atoms with van der Waals surface area (Å²) in [4.78, 5) is 21.8. The maximum atomic E-state index is 13.1. The summed E-state index contributed by atoms with van der Waals surface area (Å²) in [6, 6.07) is 8.17. The zero-order valence-electron chi connectivity index (χ0n) is 21.5. The first kappa shape index (κ1) is 24.8. The summed E-state index contributed by atoms with van der Waals surface area (Å²) >= 11 is 0. The highest BCUT2D eigenvalue weighted by Gasteiger charge is 2.38. The van der Waals surface area contributed by atoms with Crippen molar-refractivity contribution < 1.29 is 13.6 Å². The summed E-state index contributed by atoms with van der Waals surface area (Å²) in [7, 11) is -1.71. The Labute approximate surface area is 204 Å². The van der Waals surface area contributed by atoms with E-state index < -0.39 is 8.32 Å². The van der Waals surface area contributed by atoms with Crippen LogP contribution >= 0.6 is 0 Å². The van der Waals surface area contributed by atoms with E-state index in [2.05, 4.69) is 49.9 Å². The smallest absolute Gasteiger partial charge is 0.191 e. The molecule has 0 N–H and O–H groups in total. The van der Waals surface area contributed by atoms with Crippen LogP contribution in [0.15, 0.2) is 41.1 Å². The number of carbonyl (C=O) groups is 1. The highest BCUT2D eigenvalue weighted by atomic mass is 28.4. The van der Waals surface area contributed by atoms with Gasteiger partial charge in [0.25, 0.3) is 0 Å². The fourth-order valence-electron chi connectivity index (χ4n) is 4.45. The van der Waals surface area contributed by atoms with Gasteiger partial charge in [0.1, 0.15) is 5.78 Å². The minimum Gasteiger partial charge on any atom is -0.441 e. The highest BCUT2D eigenvalue weighted by molar-refractivity contribution is 6.74. The van der Waals surface area contributed by atoms with E-state index in [0.29, 0.717) is 24.0 Å². The van der Waals surface area contributed by atoms with Crippen molar-refractivity contribution in [3.8, 4) is 11.3 Å². The van der Waals surface area contributed by atoms with Crippen molar-refractivity contribution in [1.82, 2.24) is 9.97 Å². The number of aryl methyl sites for hydroxylation is 1. The van der Waals surface area contributed by atoms with Crippen LogP contribution in [-0.2, 0) is 15.6 Å². The Kier molecular flexibility index (Phi) is 7.11. The molecule has 1 aliphatic rings. The lowest BCUT2D eigenvalue weighted by atomic mass is 9.79. The van der Waals surface area contributed by atoms with E-state index in [1.54, 1.807) is 6.20 Å². The number of ketones is 1. The number of fused-ring (bicyclic) bond motifs is 1. The van der Waals surface area contributed by atoms with Crippen LogP contribution in [0.2, 0.25) is 18.1 Å². The van der Waals surface area contributed by atoms with Crippen molar-refractivity contribution in [1.29, 1.82) is 0 Å². The Balaban J connectivity index is 1.34. The number of rotatable bonds is 7. The molecule has 0 amide bonds. The van der Waals surface area contributed by atoms with Gasteiger partial charge in [-0.15, -0.1) is 0 Å². The fraction of sp³-hybridized carbons (Fsp3) is 0.536. The van der Waals surface area contributed by atoms with Crippen LogP contribution in [0.1, 0.15) is 58.0 Å². The minimum absolute atomic E-state index is 0.144. The molecule has 5 nitrogen and oxygen atoms in total. The summed E-state index contributed by atoms with van der Waals surface area (Å²) in [5, 5.41) is 2.36. The summed E-state index contributed by atoms with van der Waals surface area (Å²) in [5.41, 5.74) is 1.82. The number of carbonyl (C=O) groups excluding carboxylic acids is 1. The van der Waals surface area contributed by atoms with Crippen LogP contribution in [0.5, 0.6) is 0 Å². The van der Waals surface area contributed by atoms with Crippen LogP contribution in [0.25, 0.3) is 22.1 Å². The molecular weight excluding hydrogens is 440 g/mol. The van der Waals surface area contributed by atoms with Crippen LogP contribution in [0, 0.1) is 18.8 Å². The number of nitrogens with zero attached hydrogens (tertiary/aromatic N) is 2. The quantitative estimate of drug-likeness (QED) is 0.338. The maximum absolute atomic E-state index is 13.1. The number of benzene rings is 1. The van der Waals surface area contributed by atoms with Gasteiger partial charge in [0.15, 0.2) is 20.0 Å². The van der Waals surface area contributed by atoms with Crippen molar-refractivity contribution in [3.63, 3.8) is 0 Å². The number of Topliss-reactive ketones (excluding diaryl/α,β-unsaturated/α-hetero) is 1. The molecule has 4 rings (SSSR count). The third-order valence-corrected chi connectivity index (χ3v) is 12.3. The van der Waals surface area contributed by atoms with Gasteiger partial charge in [-0.3, -0.25) is 9.78 Å². The van der Waals surface area contributed by atoms with Crippen LogP contribution in [0.3, 0.4) is 0 Å². The zero-order valence-corrected chi connectivity index (χ0v) is 22.5. The molecule has 1 saturated carbocycles. The molecule has 0 spiro atoms. The van der Waals surface area contributed by atoms with Crippen molar-refractivity contribution >= 4 is 24.9 Å². The van der Waals surface area contributed by atoms with Crippen molar-refractivity contribution in [3.05, 3.63) is 48.2 Å². The monoisotopic (exact) mass is 478 g/mol. The molecule has 0 unspecified atom stereocenters. The van der Waals surface area contributed by atoms with Gasteiger partial charge in [0.2, 0.25) is 0 Å². The molecule has 0 atom stereocenters. The number of hydrogen-bond donors (Lipinski definition) is 0. The third-order valence-electron chi connectivity index (χ3n) is 7.83. The first-order chi connectivity index (χ1) is 16.0. The maximum Gasteiger partial charge on any atom is 0.191 e. The van der Waals surface area contributed by atoms with Crippen LogP contribution in [0.4, 0.5) is 0 Å². The minimum atomic E-state index is -1.71. The van der Waals surface area contributed by atoms with E-state index in [0.717, 1.165) is 60.1 Å². The normalized spacial score (nSPS) is 19.5. The lowest BCUT2D eigenvalue weighted by Gasteiger charge is -2.38. The van der Waals surface area contributed by atoms with Crippen LogP contribution in [-0.4, -0.2) is 30.7 Å². The summed E-state index contributed by atoms with van der Waals surface area (Å²) in [6.07, 6.45) is 8.10. The van der Waals surface area contributed by atoms with Gasteiger partial charge in [-0.1, -0.05) is 32.9 Å². The van der Waals surface area contributed by atoms with Crippen molar-refractivity contribution in [2.24, 2.45) is 11.8 Å². The third kappa shape index (κ3) is 5.66. The second-order valence-electron chi connectivity index (χ2n) is 11.4. The lowest BCUT2D eigenvalue weighted by molar-refractivity contribution is -0.123. The summed E-state index contributed by atoms with van der Waals surface area (Å²) in [6.45, 7) is 14.2. The molecule has 34 heavy (non-hydrogen) atoms. The van der Waals surface area contributed by atoms with Crippen molar-refractivity contribution in [2.45, 2.75) is 77.9 Å². The van der Waals surface area contributed by atoms with Gasteiger partial charge in [-0.05, 0) is 67.3 Å². The lowest BCUT2D eigenvalue weighted by Crippen LogP contribution is -2.42. The Morgan fingerprint density at radius 1 is 1.06 bits per heavy atom. The second kappa shape index (κ2) is 9.74. The van der Waals surface area contributed by atoms with Gasteiger partial charge in [-0.2, -0.15) is 0 Å². The molecule has 3 aromatic rings. The molecule has 1 aliphatic carbocycles. The fourth-order valence-corrected chi connectivity index (χ4v) is 5.53.